The summed E-state index contributed by atoms with van der Waals surface area (Å²) >= 11 is 0. The van der Waals surface area contributed by atoms with Gasteiger partial charge in [0, 0.05) is 44.1 Å². The molecule has 1 fully saturated rings. The summed E-state index contributed by atoms with van der Waals surface area (Å²) in [4.78, 5) is 26.5. The molecule has 0 bridgehead atoms. The molecule has 2 atom stereocenters. The molecule has 0 aliphatic carbocycles. The van der Waals surface area contributed by atoms with Crippen LogP contribution in [0.2, 0.25) is 0 Å². The number of aryl methyl sites for hydroxylation is 3. The molecule has 138 valence electrons. The highest BCUT2D eigenvalue weighted by Gasteiger charge is 2.35. The normalized spacial score (nSPS) is 18.2. The molecule has 26 heavy (non-hydrogen) atoms. The summed E-state index contributed by atoms with van der Waals surface area (Å²) in [5, 5.41) is 13.0. The van der Waals surface area contributed by atoms with Gasteiger partial charge in [0.15, 0.2) is 0 Å². The van der Waals surface area contributed by atoms with Crippen molar-refractivity contribution < 1.29 is 14.7 Å². The standard InChI is InChI=1S/C20H25N3O3/c1-13-6-7-16(9-14(13)2)23-12-15(10-19(23)25)20(26)21-11-18(24)17-5-4-8-22(17)3/h4-9,15,18,24H,10-12H2,1-3H3,(H,21,26)/t15-,18+/m1/s1. The number of aliphatic hydroxyl groups excluding tert-OH is 1. The third kappa shape index (κ3) is 3.65. The average molecular weight is 355 g/mol. The maximum atomic E-state index is 12.4. The largest absolute Gasteiger partial charge is 0.385 e. The number of benzene rings is 1. The number of aromatic nitrogens is 1. The lowest BCUT2D eigenvalue weighted by Crippen LogP contribution is -2.35. The monoisotopic (exact) mass is 355 g/mol. The van der Waals surface area contributed by atoms with Gasteiger partial charge < -0.3 is 19.9 Å². The minimum absolute atomic E-state index is 0.0450. The minimum atomic E-state index is -0.771. The van der Waals surface area contributed by atoms with Crippen LogP contribution in [0.25, 0.3) is 0 Å². The number of hydrogen-bond donors (Lipinski definition) is 2. The van der Waals surface area contributed by atoms with Crippen molar-refractivity contribution in [3.63, 3.8) is 0 Å². The van der Waals surface area contributed by atoms with E-state index < -0.39 is 12.0 Å². The third-order valence-electron chi connectivity index (χ3n) is 5.09. The van der Waals surface area contributed by atoms with Gasteiger partial charge in [-0.2, -0.15) is 0 Å². The van der Waals surface area contributed by atoms with Crippen molar-refractivity contribution in [3.05, 3.63) is 53.3 Å². The highest BCUT2D eigenvalue weighted by molar-refractivity contribution is 6.00. The smallest absolute Gasteiger partial charge is 0.227 e. The fraction of sp³-hybridized carbons (Fsp3) is 0.400. The van der Waals surface area contributed by atoms with E-state index in [1.165, 1.54) is 5.56 Å². The first-order valence-corrected chi connectivity index (χ1v) is 8.81. The van der Waals surface area contributed by atoms with Gasteiger partial charge in [-0.25, -0.2) is 0 Å². The predicted octanol–water partition coefficient (Wildman–Crippen LogP) is 1.84. The summed E-state index contributed by atoms with van der Waals surface area (Å²) in [6.45, 7) is 4.53. The van der Waals surface area contributed by atoms with Crippen LogP contribution in [0.1, 0.15) is 29.3 Å². The number of hydrogen-bond acceptors (Lipinski definition) is 3. The summed E-state index contributed by atoms with van der Waals surface area (Å²) < 4.78 is 1.82. The Kier molecular flexibility index (Phi) is 5.13. The topological polar surface area (TPSA) is 74.6 Å². The zero-order valence-corrected chi connectivity index (χ0v) is 15.4. The van der Waals surface area contributed by atoms with E-state index in [1.807, 2.05) is 62.0 Å². The summed E-state index contributed by atoms with van der Waals surface area (Å²) in [6, 6.07) is 9.54. The molecule has 1 aromatic carbocycles. The van der Waals surface area contributed by atoms with Gasteiger partial charge in [-0.15, -0.1) is 0 Å². The van der Waals surface area contributed by atoms with Crippen LogP contribution < -0.4 is 10.2 Å². The molecule has 1 aliphatic heterocycles. The molecular weight excluding hydrogens is 330 g/mol. The lowest BCUT2D eigenvalue weighted by atomic mass is 10.1. The zero-order chi connectivity index (χ0) is 18.8. The number of nitrogens with one attached hydrogen (secondary N) is 1. The van der Waals surface area contributed by atoms with Crippen LogP contribution in [0.4, 0.5) is 5.69 Å². The first kappa shape index (κ1) is 18.2. The number of rotatable bonds is 5. The molecule has 6 nitrogen and oxygen atoms in total. The first-order chi connectivity index (χ1) is 12.4. The second-order valence-corrected chi connectivity index (χ2v) is 6.98. The Bertz CT molecular complexity index is 827. The van der Waals surface area contributed by atoms with Crippen LogP contribution in [0, 0.1) is 19.8 Å². The van der Waals surface area contributed by atoms with Crippen LogP contribution in [-0.2, 0) is 16.6 Å². The Morgan fingerprint density at radius 1 is 1.31 bits per heavy atom. The Morgan fingerprint density at radius 2 is 2.08 bits per heavy atom. The SMILES string of the molecule is Cc1ccc(N2C[C@H](C(=O)NC[C@H](O)c3cccn3C)CC2=O)cc1C. The Balaban J connectivity index is 1.60. The maximum absolute atomic E-state index is 12.4. The number of nitrogens with zero attached hydrogens (tertiary/aromatic N) is 2. The lowest BCUT2D eigenvalue weighted by molar-refractivity contribution is -0.126. The van der Waals surface area contributed by atoms with Crippen LogP contribution in [-0.4, -0.2) is 34.6 Å². The molecule has 2 N–H and O–H groups in total. The molecule has 3 rings (SSSR count). The van der Waals surface area contributed by atoms with Gasteiger partial charge in [-0.05, 0) is 49.2 Å². The fourth-order valence-electron chi connectivity index (χ4n) is 3.29. The van der Waals surface area contributed by atoms with E-state index in [-0.39, 0.29) is 24.8 Å². The summed E-state index contributed by atoms with van der Waals surface area (Å²) in [6.07, 6.45) is 1.27. The van der Waals surface area contributed by atoms with Crippen molar-refractivity contribution in [2.75, 3.05) is 18.0 Å². The van der Waals surface area contributed by atoms with Gasteiger partial charge in [-0.1, -0.05) is 6.07 Å². The molecule has 2 amide bonds. The molecular formula is C20H25N3O3. The van der Waals surface area contributed by atoms with Crippen molar-refractivity contribution in [1.29, 1.82) is 0 Å². The van der Waals surface area contributed by atoms with Crippen LogP contribution in [0.5, 0.6) is 0 Å². The van der Waals surface area contributed by atoms with Gasteiger partial charge >= 0.3 is 0 Å². The number of carbonyl (C=O) groups excluding carboxylic acids is 2. The van der Waals surface area contributed by atoms with E-state index in [4.69, 9.17) is 0 Å². The van der Waals surface area contributed by atoms with Crippen LogP contribution >= 0.6 is 0 Å². The van der Waals surface area contributed by atoms with E-state index >= 15 is 0 Å². The fourth-order valence-corrected chi connectivity index (χ4v) is 3.29. The Hall–Kier alpha value is -2.60. The quantitative estimate of drug-likeness (QED) is 0.859. The highest BCUT2D eigenvalue weighted by atomic mass is 16.3. The van der Waals surface area contributed by atoms with E-state index in [9.17, 15) is 14.7 Å². The molecule has 2 heterocycles. The molecule has 6 heteroatoms. The van der Waals surface area contributed by atoms with Crippen molar-refractivity contribution in [2.45, 2.75) is 26.4 Å². The van der Waals surface area contributed by atoms with E-state index in [0.29, 0.717) is 6.54 Å². The molecule has 1 aromatic heterocycles. The van der Waals surface area contributed by atoms with Crippen molar-refractivity contribution in [3.8, 4) is 0 Å². The summed E-state index contributed by atoms with van der Waals surface area (Å²) in [5.74, 6) is -0.640. The predicted molar refractivity (Wildman–Crippen MR) is 99.8 cm³/mol. The highest BCUT2D eigenvalue weighted by Crippen LogP contribution is 2.27. The molecule has 2 aromatic rings. The summed E-state index contributed by atoms with van der Waals surface area (Å²) in [7, 11) is 1.84. The van der Waals surface area contributed by atoms with Gasteiger partial charge in [0.05, 0.1) is 5.92 Å². The number of aliphatic hydroxyl groups is 1. The zero-order valence-electron chi connectivity index (χ0n) is 15.4. The van der Waals surface area contributed by atoms with E-state index in [2.05, 4.69) is 5.32 Å². The number of anilines is 1. The van der Waals surface area contributed by atoms with E-state index in [0.717, 1.165) is 16.9 Å². The molecule has 1 aliphatic rings. The van der Waals surface area contributed by atoms with Gasteiger partial charge in [0.2, 0.25) is 11.8 Å². The first-order valence-electron chi connectivity index (χ1n) is 8.81. The number of carbonyl (C=O) groups is 2. The molecule has 0 saturated carbocycles. The number of amides is 2. The van der Waals surface area contributed by atoms with Gasteiger partial charge in [-0.3, -0.25) is 9.59 Å². The second-order valence-electron chi connectivity index (χ2n) is 6.98. The summed E-state index contributed by atoms with van der Waals surface area (Å²) in [5.41, 5.74) is 3.86. The van der Waals surface area contributed by atoms with Crippen molar-refractivity contribution in [2.24, 2.45) is 13.0 Å². The Morgan fingerprint density at radius 3 is 2.73 bits per heavy atom. The molecule has 0 unspecified atom stereocenters. The third-order valence-corrected chi connectivity index (χ3v) is 5.09. The van der Waals surface area contributed by atoms with Crippen molar-refractivity contribution in [1.82, 2.24) is 9.88 Å². The van der Waals surface area contributed by atoms with Crippen LogP contribution in [0.15, 0.2) is 36.5 Å². The second kappa shape index (κ2) is 7.33. The van der Waals surface area contributed by atoms with Crippen molar-refractivity contribution >= 4 is 17.5 Å². The van der Waals surface area contributed by atoms with Gasteiger partial charge in [0.1, 0.15) is 6.10 Å². The molecule has 1 saturated heterocycles. The Labute approximate surface area is 153 Å². The molecule has 0 radical (unpaired) electrons. The maximum Gasteiger partial charge on any atom is 0.227 e. The minimum Gasteiger partial charge on any atom is -0.385 e. The van der Waals surface area contributed by atoms with Gasteiger partial charge in [0.25, 0.3) is 0 Å². The molecule has 0 spiro atoms. The lowest BCUT2D eigenvalue weighted by Gasteiger charge is -2.18. The average Bonchev–Trinajstić information content (AvgIpc) is 3.21. The van der Waals surface area contributed by atoms with Crippen LogP contribution in [0.3, 0.4) is 0 Å². The van der Waals surface area contributed by atoms with E-state index in [1.54, 1.807) is 4.90 Å².